The molecule has 25 heavy (non-hydrogen) atoms. The molecular weight excluding hydrogens is 362 g/mol. The molecule has 4 heterocycles. The summed E-state index contributed by atoms with van der Waals surface area (Å²) in [4.78, 5) is 32.7. The molecule has 0 aromatic carbocycles. The van der Waals surface area contributed by atoms with Crippen molar-refractivity contribution < 1.29 is 19.8 Å². The largest absolute Gasteiger partial charge is 0.477 e. The van der Waals surface area contributed by atoms with Gasteiger partial charge in [-0.2, -0.15) is 0 Å². The van der Waals surface area contributed by atoms with E-state index in [-0.39, 0.29) is 28.8 Å². The van der Waals surface area contributed by atoms with Gasteiger partial charge in [-0.15, -0.1) is 23.1 Å². The standard InChI is InChI=1S/C16H19N3O4S2/c1-7-11-10(8(2)20)14(21)19(11)12(15(22)23)13(7)25-9-5-18(6-9)16-17-3-4-24-16/h3-4,7-11,20H,5-6H2,1-2H3,(H,22,23)/t7-,8-,10-,11-/m1/s1. The van der Waals surface area contributed by atoms with E-state index >= 15 is 0 Å². The van der Waals surface area contributed by atoms with Crippen molar-refractivity contribution in [3.05, 3.63) is 22.2 Å². The van der Waals surface area contributed by atoms with E-state index in [1.165, 1.54) is 4.90 Å². The Labute approximate surface area is 153 Å². The number of aliphatic carboxylic acids is 1. The Morgan fingerprint density at radius 3 is 2.76 bits per heavy atom. The number of amides is 1. The van der Waals surface area contributed by atoms with Gasteiger partial charge >= 0.3 is 5.97 Å². The number of carbonyl (C=O) groups excluding carboxylic acids is 1. The second-order valence-corrected chi connectivity index (χ2v) is 8.95. The van der Waals surface area contributed by atoms with Crippen LogP contribution in [0.3, 0.4) is 0 Å². The quantitative estimate of drug-likeness (QED) is 0.741. The van der Waals surface area contributed by atoms with E-state index < -0.39 is 18.0 Å². The molecule has 0 spiro atoms. The van der Waals surface area contributed by atoms with Crippen molar-refractivity contribution in [1.82, 2.24) is 9.88 Å². The molecule has 1 aromatic heterocycles. The summed E-state index contributed by atoms with van der Waals surface area (Å²) in [7, 11) is 0. The average Bonchev–Trinajstić information content (AvgIpc) is 3.08. The molecule has 3 aliphatic rings. The fourth-order valence-electron chi connectivity index (χ4n) is 3.90. The Morgan fingerprint density at radius 1 is 1.48 bits per heavy atom. The SMILES string of the molecule is C[C@@H](O)[C@H]1C(=O)N2C(C(=O)O)=C(SC3CN(c4nccs4)C3)[C@H](C)[C@H]12. The fourth-order valence-corrected chi connectivity index (χ4v) is 6.08. The molecular formula is C16H19N3O4S2. The lowest BCUT2D eigenvalue weighted by Crippen LogP contribution is -2.63. The topological polar surface area (TPSA) is 94.0 Å². The first-order valence-corrected chi connectivity index (χ1v) is 9.95. The smallest absolute Gasteiger partial charge is 0.353 e. The summed E-state index contributed by atoms with van der Waals surface area (Å²) in [5.41, 5.74) is 0.108. The predicted molar refractivity (Wildman–Crippen MR) is 95.3 cm³/mol. The Balaban J connectivity index is 1.51. The van der Waals surface area contributed by atoms with Gasteiger partial charge in [0.25, 0.3) is 0 Å². The zero-order valence-corrected chi connectivity index (χ0v) is 15.5. The summed E-state index contributed by atoms with van der Waals surface area (Å²) >= 11 is 3.15. The zero-order chi connectivity index (χ0) is 17.9. The van der Waals surface area contributed by atoms with Gasteiger partial charge in [0.05, 0.1) is 18.1 Å². The number of aliphatic hydroxyl groups is 1. The second kappa shape index (κ2) is 6.00. The van der Waals surface area contributed by atoms with Gasteiger partial charge in [0, 0.05) is 40.7 Å². The first-order valence-electron chi connectivity index (χ1n) is 8.19. The lowest BCUT2D eigenvalue weighted by Gasteiger charge is -2.46. The minimum Gasteiger partial charge on any atom is -0.477 e. The third-order valence-electron chi connectivity index (χ3n) is 5.14. The molecule has 2 fully saturated rings. The Hall–Kier alpha value is -1.58. The number of anilines is 1. The van der Waals surface area contributed by atoms with Gasteiger partial charge in [0.1, 0.15) is 5.70 Å². The molecule has 0 aliphatic carbocycles. The first kappa shape index (κ1) is 16.9. The van der Waals surface area contributed by atoms with Gasteiger partial charge in [0.15, 0.2) is 5.13 Å². The number of β-lactam (4-membered cyclic amide) rings is 1. The molecule has 0 saturated carbocycles. The van der Waals surface area contributed by atoms with E-state index in [4.69, 9.17) is 0 Å². The van der Waals surface area contributed by atoms with Gasteiger partial charge in [0.2, 0.25) is 5.91 Å². The van der Waals surface area contributed by atoms with Crippen LogP contribution in [-0.2, 0) is 9.59 Å². The molecule has 7 nitrogen and oxygen atoms in total. The zero-order valence-electron chi connectivity index (χ0n) is 13.8. The summed E-state index contributed by atoms with van der Waals surface area (Å²) < 4.78 is 0. The number of hydrogen-bond donors (Lipinski definition) is 2. The van der Waals surface area contributed by atoms with Gasteiger partial charge < -0.3 is 20.0 Å². The third kappa shape index (κ3) is 2.48. The molecule has 0 unspecified atom stereocenters. The second-order valence-electron chi connectivity index (χ2n) is 6.73. The molecule has 0 bridgehead atoms. The van der Waals surface area contributed by atoms with Crippen molar-refractivity contribution in [3.8, 4) is 0 Å². The van der Waals surface area contributed by atoms with Gasteiger partial charge in [-0.25, -0.2) is 9.78 Å². The summed E-state index contributed by atoms with van der Waals surface area (Å²) in [6, 6.07) is -0.240. The van der Waals surface area contributed by atoms with Crippen molar-refractivity contribution in [1.29, 1.82) is 0 Å². The number of nitrogens with zero attached hydrogens (tertiary/aromatic N) is 3. The van der Waals surface area contributed by atoms with E-state index in [1.54, 1.807) is 36.2 Å². The van der Waals surface area contributed by atoms with E-state index in [0.29, 0.717) is 0 Å². The van der Waals surface area contributed by atoms with Crippen LogP contribution in [0.4, 0.5) is 5.13 Å². The van der Waals surface area contributed by atoms with Crippen LogP contribution in [0.1, 0.15) is 13.8 Å². The lowest BCUT2D eigenvalue weighted by atomic mass is 9.79. The minimum absolute atomic E-state index is 0.0673. The van der Waals surface area contributed by atoms with Crippen LogP contribution in [0.15, 0.2) is 22.2 Å². The molecule has 3 aliphatic heterocycles. The number of thioether (sulfide) groups is 1. The van der Waals surface area contributed by atoms with Gasteiger partial charge in [-0.1, -0.05) is 6.92 Å². The minimum atomic E-state index is -1.06. The highest BCUT2D eigenvalue weighted by molar-refractivity contribution is 8.03. The fraction of sp³-hybridized carbons (Fsp3) is 0.562. The van der Waals surface area contributed by atoms with Gasteiger partial charge in [-0.3, -0.25) is 4.79 Å². The number of carbonyl (C=O) groups is 2. The van der Waals surface area contributed by atoms with Crippen molar-refractivity contribution in [2.75, 3.05) is 18.0 Å². The number of carboxylic acid groups (broad SMARTS) is 1. The molecule has 9 heteroatoms. The summed E-state index contributed by atoms with van der Waals surface area (Å²) in [5, 5.41) is 22.7. The molecule has 4 rings (SSSR count). The summed E-state index contributed by atoms with van der Waals surface area (Å²) in [5.74, 6) is -1.92. The molecule has 0 radical (unpaired) electrons. The van der Waals surface area contributed by atoms with Gasteiger partial charge in [-0.05, 0) is 6.92 Å². The number of fused-ring (bicyclic) bond motifs is 1. The molecule has 1 amide bonds. The predicted octanol–water partition coefficient (Wildman–Crippen LogP) is 1.22. The number of thiazole rings is 1. The van der Waals surface area contributed by atoms with Crippen LogP contribution in [0.2, 0.25) is 0 Å². The molecule has 1 aromatic rings. The van der Waals surface area contributed by atoms with E-state index in [1.807, 2.05) is 12.3 Å². The summed E-state index contributed by atoms with van der Waals surface area (Å²) in [6.07, 6.45) is 1.01. The van der Waals surface area contributed by atoms with Crippen LogP contribution < -0.4 is 4.90 Å². The number of rotatable bonds is 5. The van der Waals surface area contributed by atoms with Crippen molar-refractivity contribution in [2.24, 2.45) is 11.8 Å². The maximum Gasteiger partial charge on any atom is 0.353 e. The normalized spacial score (nSPS) is 30.2. The van der Waals surface area contributed by atoms with Crippen molar-refractivity contribution in [3.63, 3.8) is 0 Å². The monoisotopic (exact) mass is 381 g/mol. The van der Waals surface area contributed by atoms with E-state index in [9.17, 15) is 19.8 Å². The maximum absolute atomic E-state index is 12.3. The Kier molecular flexibility index (Phi) is 4.04. The number of hydrogen-bond acceptors (Lipinski definition) is 7. The average molecular weight is 381 g/mol. The molecule has 4 atom stereocenters. The van der Waals surface area contributed by atoms with Crippen LogP contribution in [0.25, 0.3) is 0 Å². The first-order chi connectivity index (χ1) is 11.9. The van der Waals surface area contributed by atoms with Crippen LogP contribution in [0.5, 0.6) is 0 Å². The number of carboxylic acids is 1. The maximum atomic E-state index is 12.3. The Morgan fingerprint density at radius 2 is 2.20 bits per heavy atom. The molecule has 2 saturated heterocycles. The van der Waals surface area contributed by atoms with Crippen LogP contribution >= 0.6 is 23.1 Å². The molecule has 2 N–H and O–H groups in total. The molecule has 134 valence electrons. The lowest BCUT2D eigenvalue weighted by molar-refractivity contribution is -0.163. The van der Waals surface area contributed by atoms with Crippen LogP contribution in [0, 0.1) is 11.8 Å². The number of aliphatic hydroxyl groups excluding tert-OH is 1. The van der Waals surface area contributed by atoms with Crippen molar-refractivity contribution in [2.45, 2.75) is 31.2 Å². The van der Waals surface area contributed by atoms with Crippen molar-refractivity contribution >= 4 is 40.1 Å². The van der Waals surface area contributed by atoms with E-state index in [2.05, 4.69) is 9.88 Å². The van der Waals surface area contributed by atoms with Crippen LogP contribution in [-0.4, -0.2) is 62.5 Å². The summed E-state index contributed by atoms with van der Waals surface area (Å²) in [6.45, 7) is 5.19. The van der Waals surface area contributed by atoms with E-state index in [0.717, 1.165) is 23.1 Å². The highest BCUT2D eigenvalue weighted by Gasteiger charge is 2.60. The highest BCUT2D eigenvalue weighted by atomic mass is 32.2. The highest BCUT2D eigenvalue weighted by Crippen LogP contribution is 2.52. The Bertz CT molecular complexity index is 743. The third-order valence-corrected chi connectivity index (χ3v) is 7.43. The number of aromatic nitrogens is 1.